The molecule has 0 aromatic heterocycles. The number of alkyl halides is 2. The van der Waals surface area contributed by atoms with E-state index in [0.29, 0.717) is 24.3 Å². The summed E-state index contributed by atoms with van der Waals surface area (Å²) in [5, 5.41) is 12.5. The van der Waals surface area contributed by atoms with Crippen LogP contribution in [0.5, 0.6) is 5.75 Å². The zero-order valence-corrected chi connectivity index (χ0v) is 15.5. The molecule has 0 fully saturated rings. The van der Waals surface area contributed by atoms with Crippen molar-refractivity contribution in [3.05, 3.63) is 53.1 Å². The van der Waals surface area contributed by atoms with Gasteiger partial charge in [0.25, 0.3) is 11.8 Å². The number of hydrogen-bond donors (Lipinski definition) is 2. The Kier molecular flexibility index (Phi) is 4.86. The molecule has 0 spiro atoms. The van der Waals surface area contributed by atoms with Crippen LogP contribution in [0.15, 0.2) is 42.0 Å². The summed E-state index contributed by atoms with van der Waals surface area (Å²) in [5.74, 6) is -3.29. The van der Waals surface area contributed by atoms with Crippen LogP contribution in [0, 0.1) is 0 Å². The van der Waals surface area contributed by atoms with E-state index >= 15 is 0 Å². The van der Waals surface area contributed by atoms with Crippen LogP contribution in [0.4, 0.5) is 8.78 Å². The Balaban J connectivity index is 1.80. The molecule has 1 aliphatic heterocycles. The third kappa shape index (κ3) is 3.26. The van der Waals surface area contributed by atoms with E-state index in [1.54, 1.807) is 25.3 Å². The topological polar surface area (TPSA) is 67.8 Å². The number of methoxy groups -OCH3 is 1. The molecule has 5 nitrogen and oxygen atoms in total. The zero-order valence-electron chi connectivity index (χ0n) is 15.5. The number of ether oxygens (including phenoxy) is 2. The lowest BCUT2D eigenvalue weighted by Gasteiger charge is -2.22. The molecule has 27 heavy (non-hydrogen) atoms. The van der Waals surface area contributed by atoms with Crippen LogP contribution in [0.3, 0.4) is 0 Å². The van der Waals surface area contributed by atoms with E-state index in [1.807, 2.05) is 6.92 Å². The van der Waals surface area contributed by atoms with Gasteiger partial charge >= 0.3 is 0 Å². The van der Waals surface area contributed by atoms with Crippen molar-refractivity contribution >= 4 is 5.91 Å². The second-order valence-corrected chi connectivity index (χ2v) is 7.29. The molecule has 0 saturated carbocycles. The van der Waals surface area contributed by atoms with Gasteiger partial charge in [0, 0.05) is 24.7 Å². The third-order valence-electron chi connectivity index (χ3n) is 5.15. The summed E-state index contributed by atoms with van der Waals surface area (Å²) in [4.78, 5) is 12.6. The van der Waals surface area contributed by atoms with E-state index in [9.17, 15) is 18.7 Å². The van der Waals surface area contributed by atoms with Crippen LogP contribution < -0.4 is 10.1 Å². The molecule has 0 bridgehead atoms. The van der Waals surface area contributed by atoms with Crippen LogP contribution in [-0.2, 0) is 11.2 Å². The van der Waals surface area contributed by atoms with Gasteiger partial charge in [-0.1, -0.05) is 12.7 Å². The quantitative estimate of drug-likeness (QED) is 0.825. The van der Waals surface area contributed by atoms with Gasteiger partial charge in [0.15, 0.2) is 0 Å². The molecule has 7 heteroatoms. The van der Waals surface area contributed by atoms with E-state index in [1.165, 1.54) is 13.0 Å². The number of carbonyl (C=O) groups excluding carboxylic acids is 1. The van der Waals surface area contributed by atoms with Crippen molar-refractivity contribution in [2.75, 3.05) is 13.7 Å². The number of aliphatic hydroxyl groups excluding tert-OH is 1. The van der Waals surface area contributed by atoms with Crippen LogP contribution in [-0.4, -0.2) is 48.4 Å². The highest BCUT2D eigenvalue weighted by Gasteiger charge is 2.53. The Morgan fingerprint density at radius 1 is 1.52 bits per heavy atom. The van der Waals surface area contributed by atoms with Gasteiger partial charge in [-0.15, -0.1) is 0 Å². The minimum absolute atomic E-state index is 0.137. The van der Waals surface area contributed by atoms with Gasteiger partial charge in [-0.2, -0.15) is 8.78 Å². The van der Waals surface area contributed by atoms with Crippen LogP contribution in [0.2, 0.25) is 0 Å². The summed E-state index contributed by atoms with van der Waals surface area (Å²) >= 11 is 0. The molecule has 1 aromatic carbocycles. The number of benzene rings is 1. The van der Waals surface area contributed by atoms with Crippen molar-refractivity contribution < 1.29 is 28.2 Å². The fourth-order valence-corrected chi connectivity index (χ4v) is 3.74. The number of carbonyl (C=O) groups is 1. The highest BCUT2D eigenvalue weighted by molar-refractivity contribution is 5.95. The van der Waals surface area contributed by atoms with E-state index in [4.69, 9.17) is 9.47 Å². The first-order valence-corrected chi connectivity index (χ1v) is 8.64. The van der Waals surface area contributed by atoms with Crippen LogP contribution >= 0.6 is 0 Å². The standard InChI is InChI=1S/C20H23F2NO4/c1-5-14-11(2)20(21,22)17(24)16(14)23-18(25)12-6-7-15-13(8-12)9-19(3,27-15)10-26-4/h5-8,16-17,24H,1,9-10H2,2-4H3,(H,23,25)/t16?,17-,19+/m0/s1. The van der Waals surface area contributed by atoms with Crippen molar-refractivity contribution in [1.82, 2.24) is 5.32 Å². The molecule has 2 aliphatic rings. The SMILES string of the molecule is C=CC1=C(C)C(F)(F)[C@@H](O)C1NC(=O)c1ccc2c(c1)C[C@](C)(COC)O2. The number of rotatable bonds is 5. The molecule has 146 valence electrons. The summed E-state index contributed by atoms with van der Waals surface area (Å²) in [6.07, 6.45) is -0.215. The Morgan fingerprint density at radius 2 is 2.22 bits per heavy atom. The fraction of sp³-hybridized carbons (Fsp3) is 0.450. The second-order valence-electron chi connectivity index (χ2n) is 7.29. The van der Waals surface area contributed by atoms with E-state index < -0.39 is 29.6 Å². The number of nitrogens with one attached hydrogen (secondary N) is 1. The highest BCUT2D eigenvalue weighted by atomic mass is 19.3. The molecule has 1 aromatic rings. The molecular formula is C20H23F2NO4. The maximum atomic E-state index is 14.1. The van der Waals surface area contributed by atoms with Crippen LogP contribution in [0.1, 0.15) is 29.8 Å². The van der Waals surface area contributed by atoms with E-state index in [2.05, 4.69) is 11.9 Å². The van der Waals surface area contributed by atoms with Crippen molar-refractivity contribution in [3.63, 3.8) is 0 Å². The average Bonchev–Trinajstić information content (AvgIpc) is 3.02. The third-order valence-corrected chi connectivity index (χ3v) is 5.15. The maximum absolute atomic E-state index is 14.1. The van der Waals surface area contributed by atoms with E-state index in [-0.39, 0.29) is 11.1 Å². The second kappa shape index (κ2) is 6.73. The Labute approximate surface area is 156 Å². The summed E-state index contributed by atoms with van der Waals surface area (Å²) in [6.45, 7) is 7.07. The average molecular weight is 379 g/mol. The van der Waals surface area contributed by atoms with Crippen LogP contribution in [0.25, 0.3) is 0 Å². The smallest absolute Gasteiger partial charge is 0.297 e. The van der Waals surface area contributed by atoms with Gasteiger partial charge in [0.05, 0.1) is 12.6 Å². The minimum atomic E-state index is -3.41. The molecule has 3 rings (SSSR count). The van der Waals surface area contributed by atoms with Gasteiger partial charge < -0.3 is 19.9 Å². The largest absolute Gasteiger partial charge is 0.485 e. The Hall–Kier alpha value is -2.25. The first-order valence-electron chi connectivity index (χ1n) is 8.64. The number of aliphatic hydroxyl groups is 1. The molecule has 0 radical (unpaired) electrons. The Bertz CT molecular complexity index is 820. The van der Waals surface area contributed by atoms with Crippen molar-refractivity contribution in [2.45, 2.75) is 43.9 Å². The van der Waals surface area contributed by atoms with Gasteiger partial charge in [-0.05, 0) is 43.2 Å². The number of halogens is 2. The van der Waals surface area contributed by atoms with Crippen molar-refractivity contribution in [3.8, 4) is 5.75 Å². The first-order chi connectivity index (χ1) is 12.6. The van der Waals surface area contributed by atoms with E-state index in [0.717, 1.165) is 5.56 Å². The lowest BCUT2D eigenvalue weighted by atomic mass is 9.98. The first kappa shape index (κ1) is 19.5. The summed E-state index contributed by atoms with van der Waals surface area (Å²) in [6, 6.07) is 3.71. The molecule has 1 amide bonds. The lowest BCUT2D eigenvalue weighted by Crippen LogP contribution is -2.47. The molecule has 1 aliphatic carbocycles. The summed E-state index contributed by atoms with van der Waals surface area (Å²) < 4.78 is 39.2. The van der Waals surface area contributed by atoms with Crippen molar-refractivity contribution in [1.29, 1.82) is 0 Å². The number of fused-ring (bicyclic) bond motifs is 1. The monoisotopic (exact) mass is 379 g/mol. The van der Waals surface area contributed by atoms with Crippen molar-refractivity contribution in [2.24, 2.45) is 0 Å². The van der Waals surface area contributed by atoms with Gasteiger partial charge in [0.1, 0.15) is 17.5 Å². The normalized spacial score (nSPS) is 28.7. The molecule has 3 atom stereocenters. The predicted octanol–water partition coefficient (Wildman–Crippen LogP) is 2.64. The Morgan fingerprint density at radius 3 is 2.85 bits per heavy atom. The molecule has 1 heterocycles. The predicted molar refractivity (Wildman–Crippen MR) is 96.2 cm³/mol. The number of hydrogen-bond acceptors (Lipinski definition) is 4. The number of amides is 1. The summed E-state index contributed by atoms with van der Waals surface area (Å²) in [5.41, 5.74) is 0.495. The lowest BCUT2D eigenvalue weighted by molar-refractivity contribution is -0.0739. The molecule has 1 unspecified atom stereocenters. The zero-order chi connectivity index (χ0) is 20.0. The molecule has 0 saturated heterocycles. The van der Waals surface area contributed by atoms with Gasteiger partial charge in [-0.3, -0.25) is 4.79 Å². The minimum Gasteiger partial charge on any atom is -0.485 e. The fourth-order valence-electron chi connectivity index (χ4n) is 3.74. The highest BCUT2D eigenvalue weighted by Crippen LogP contribution is 2.41. The molecule has 2 N–H and O–H groups in total. The van der Waals surface area contributed by atoms with Gasteiger partial charge in [-0.25, -0.2) is 0 Å². The van der Waals surface area contributed by atoms with Gasteiger partial charge in [0.2, 0.25) is 0 Å². The maximum Gasteiger partial charge on any atom is 0.297 e. The molecular weight excluding hydrogens is 356 g/mol. The summed E-state index contributed by atoms with van der Waals surface area (Å²) in [7, 11) is 1.59.